The van der Waals surface area contributed by atoms with Crippen LogP contribution in [0.25, 0.3) is 0 Å². The van der Waals surface area contributed by atoms with Gasteiger partial charge in [-0.05, 0) is 43.9 Å². The molecule has 6 nitrogen and oxygen atoms in total. The molecule has 1 N–H and O–H groups in total. The highest BCUT2D eigenvalue weighted by atomic mass is 16.6. The van der Waals surface area contributed by atoms with Crippen LogP contribution in [-0.4, -0.2) is 36.1 Å². The number of carbonyl (C=O) groups excluding carboxylic acids is 2. The molecule has 132 valence electrons. The number of hydrogen-bond donors (Lipinski definition) is 1. The van der Waals surface area contributed by atoms with Gasteiger partial charge < -0.3 is 18.9 Å². The predicted molar refractivity (Wildman–Crippen MR) is 88.9 cm³/mol. The van der Waals surface area contributed by atoms with Gasteiger partial charge in [0.15, 0.2) is 5.78 Å². The van der Waals surface area contributed by atoms with E-state index in [1.54, 1.807) is 13.2 Å². The Balaban J connectivity index is 1.52. The number of carbonyl (C=O) groups is 2. The molecule has 0 bridgehead atoms. The molecule has 4 rings (SSSR count). The van der Waals surface area contributed by atoms with Crippen LogP contribution in [0.5, 0.6) is 0 Å². The molecule has 0 aromatic carbocycles. The Kier molecular flexibility index (Phi) is 4.21. The smallest absolute Gasteiger partial charge is 0.355 e. The van der Waals surface area contributed by atoms with E-state index in [2.05, 4.69) is 4.98 Å². The van der Waals surface area contributed by atoms with Crippen LogP contribution in [0.3, 0.4) is 0 Å². The quantitative estimate of drug-likeness (QED) is 0.862. The first-order chi connectivity index (χ1) is 12.1. The van der Waals surface area contributed by atoms with Gasteiger partial charge in [0.1, 0.15) is 18.1 Å². The molecular weight excluding hydrogens is 322 g/mol. The minimum atomic E-state index is -0.426. The summed E-state index contributed by atoms with van der Waals surface area (Å²) in [5, 5.41) is 0. The second-order valence-corrected chi connectivity index (χ2v) is 6.76. The Morgan fingerprint density at radius 2 is 2.28 bits per heavy atom. The largest absolute Gasteiger partial charge is 0.469 e. The predicted octanol–water partition coefficient (Wildman–Crippen LogP) is 3.16. The lowest BCUT2D eigenvalue weighted by molar-refractivity contribution is 0.0156. The fourth-order valence-electron chi connectivity index (χ4n) is 3.78. The molecule has 1 aliphatic heterocycles. The molecule has 0 spiro atoms. The molecule has 3 heterocycles. The van der Waals surface area contributed by atoms with Gasteiger partial charge in [-0.3, -0.25) is 4.79 Å². The van der Waals surface area contributed by atoms with E-state index in [4.69, 9.17) is 13.9 Å². The van der Waals surface area contributed by atoms with Crippen molar-refractivity contribution >= 4 is 11.8 Å². The fourth-order valence-corrected chi connectivity index (χ4v) is 3.78. The molecule has 6 heteroatoms. The number of hydrogen-bond acceptors (Lipinski definition) is 5. The zero-order valence-corrected chi connectivity index (χ0v) is 14.2. The average molecular weight is 343 g/mol. The van der Waals surface area contributed by atoms with Gasteiger partial charge in [-0.15, -0.1) is 0 Å². The SMILES string of the molecule is Cc1c(C(=O)OC[C@@H]2CCCO2)[nH]c2c1C(=O)C[C@@H](c1ccco1)C2. The summed E-state index contributed by atoms with van der Waals surface area (Å²) in [6.07, 6.45) is 4.55. The van der Waals surface area contributed by atoms with E-state index in [-0.39, 0.29) is 24.4 Å². The van der Waals surface area contributed by atoms with Gasteiger partial charge in [0.05, 0.1) is 12.4 Å². The Bertz CT molecular complexity index is 783. The molecular formula is C19H21NO5. The highest BCUT2D eigenvalue weighted by Gasteiger charge is 2.33. The van der Waals surface area contributed by atoms with Crippen molar-refractivity contribution in [3.63, 3.8) is 0 Å². The third kappa shape index (κ3) is 3.02. The highest BCUT2D eigenvalue weighted by molar-refractivity contribution is 6.03. The molecule has 2 aromatic rings. The van der Waals surface area contributed by atoms with Crippen molar-refractivity contribution in [2.45, 2.75) is 44.6 Å². The van der Waals surface area contributed by atoms with E-state index < -0.39 is 5.97 Å². The molecule has 1 saturated heterocycles. The maximum absolute atomic E-state index is 12.6. The Labute approximate surface area is 145 Å². The summed E-state index contributed by atoms with van der Waals surface area (Å²) in [5.74, 6) is 0.414. The van der Waals surface area contributed by atoms with Gasteiger partial charge in [-0.1, -0.05) is 0 Å². The van der Waals surface area contributed by atoms with E-state index >= 15 is 0 Å². The number of Topliss-reactive ketones (excluding diaryl/α,β-unsaturated/α-hetero) is 1. The number of esters is 1. The van der Waals surface area contributed by atoms with E-state index in [1.807, 2.05) is 12.1 Å². The normalized spacial score (nSPS) is 22.8. The van der Waals surface area contributed by atoms with Gasteiger partial charge in [-0.25, -0.2) is 4.79 Å². The summed E-state index contributed by atoms with van der Waals surface area (Å²) in [7, 11) is 0. The Morgan fingerprint density at radius 3 is 3.00 bits per heavy atom. The van der Waals surface area contributed by atoms with Gasteiger partial charge in [0, 0.05) is 30.2 Å². The summed E-state index contributed by atoms with van der Waals surface area (Å²) in [6, 6.07) is 3.71. The molecule has 1 aliphatic carbocycles. The van der Waals surface area contributed by atoms with Crippen LogP contribution in [0, 0.1) is 6.92 Å². The summed E-state index contributed by atoms with van der Waals surface area (Å²) in [4.78, 5) is 28.1. The van der Waals surface area contributed by atoms with Crippen molar-refractivity contribution in [3.05, 3.63) is 46.7 Å². The molecule has 2 aliphatic rings. The topological polar surface area (TPSA) is 81.5 Å². The number of ketones is 1. The lowest BCUT2D eigenvalue weighted by atomic mass is 9.84. The zero-order valence-electron chi connectivity index (χ0n) is 14.2. The van der Waals surface area contributed by atoms with Crippen molar-refractivity contribution in [1.82, 2.24) is 4.98 Å². The van der Waals surface area contributed by atoms with E-state index in [0.29, 0.717) is 29.7 Å². The van der Waals surface area contributed by atoms with E-state index in [1.165, 1.54) is 0 Å². The average Bonchev–Trinajstić information content (AvgIpc) is 3.34. The summed E-state index contributed by atoms with van der Waals surface area (Å²) in [6.45, 7) is 2.77. The van der Waals surface area contributed by atoms with Crippen molar-refractivity contribution < 1.29 is 23.5 Å². The van der Waals surface area contributed by atoms with Crippen molar-refractivity contribution in [2.24, 2.45) is 0 Å². The minimum Gasteiger partial charge on any atom is -0.469 e. The number of aromatic amines is 1. The number of aromatic nitrogens is 1. The third-order valence-electron chi connectivity index (χ3n) is 5.06. The maximum atomic E-state index is 12.6. The molecule has 2 aromatic heterocycles. The molecule has 0 amide bonds. The first-order valence-electron chi connectivity index (χ1n) is 8.70. The number of furan rings is 1. The Morgan fingerprint density at radius 1 is 1.40 bits per heavy atom. The number of ether oxygens (including phenoxy) is 2. The summed E-state index contributed by atoms with van der Waals surface area (Å²) < 4.78 is 16.3. The van der Waals surface area contributed by atoms with Crippen LogP contribution >= 0.6 is 0 Å². The van der Waals surface area contributed by atoms with Crippen LogP contribution in [0.1, 0.15) is 63.0 Å². The van der Waals surface area contributed by atoms with Crippen LogP contribution in [0.15, 0.2) is 22.8 Å². The molecule has 0 radical (unpaired) electrons. The molecule has 25 heavy (non-hydrogen) atoms. The third-order valence-corrected chi connectivity index (χ3v) is 5.06. The lowest BCUT2D eigenvalue weighted by Gasteiger charge is -2.19. The minimum absolute atomic E-state index is 0.00353. The monoisotopic (exact) mass is 343 g/mol. The Hall–Kier alpha value is -2.34. The van der Waals surface area contributed by atoms with Crippen LogP contribution in [0.4, 0.5) is 0 Å². The number of H-pyrrole nitrogens is 1. The van der Waals surface area contributed by atoms with E-state index in [0.717, 1.165) is 30.9 Å². The first kappa shape index (κ1) is 16.1. The van der Waals surface area contributed by atoms with Crippen LogP contribution in [-0.2, 0) is 15.9 Å². The first-order valence-corrected chi connectivity index (χ1v) is 8.70. The summed E-state index contributed by atoms with van der Waals surface area (Å²) in [5.41, 5.74) is 2.47. The molecule has 2 atom stereocenters. The molecule has 0 unspecified atom stereocenters. The second-order valence-electron chi connectivity index (χ2n) is 6.76. The molecule has 1 fully saturated rings. The standard InChI is InChI=1S/C19H21NO5/c1-11-17-14(8-12(9-15(17)21)16-5-3-7-24-16)20-18(11)19(22)25-10-13-4-2-6-23-13/h3,5,7,12-13,20H,2,4,6,8-10H2,1H3/t12-,13-/m0/s1. The molecule has 0 saturated carbocycles. The number of fused-ring (bicyclic) bond motifs is 1. The summed E-state index contributed by atoms with van der Waals surface area (Å²) >= 11 is 0. The fraction of sp³-hybridized carbons (Fsp3) is 0.474. The van der Waals surface area contributed by atoms with Crippen LogP contribution in [0.2, 0.25) is 0 Å². The number of rotatable bonds is 4. The highest BCUT2D eigenvalue weighted by Crippen LogP contribution is 2.35. The van der Waals surface area contributed by atoms with Crippen LogP contribution < -0.4 is 0 Å². The second kappa shape index (κ2) is 6.52. The van der Waals surface area contributed by atoms with E-state index in [9.17, 15) is 9.59 Å². The maximum Gasteiger partial charge on any atom is 0.355 e. The van der Waals surface area contributed by atoms with Gasteiger partial charge in [0.2, 0.25) is 0 Å². The van der Waals surface area contributed by atoms with Crippen molar-refractivity contribution in [3.8, 4) is 0 Å². The van der Waals surface area contributed by atoms with Gasteiger partial charge in [-0.2, -0.15) is 0 Å². The van der Waals surface area contributed by atoms with Gasteiger partial charge in [0.25, 0.3) is 0 Å². The van der Waals surface area contributed by atoms with Gasteiger partial charge >= 0.3 is 5.97 Å². The number of nitrogens with one attached hydrogen (secondary N) is 1. The van der Waals surface area contributed by atoms with Crippen molar-refractivity contribution in [2.75, 3.05) is 13.2 Å². The lowest BCUT2D eigenvalue weighted by Crippen LogP contribution is -2.18. The van der Waals surface area contributed by atoms with Crippen molar-refractivity contribution in [1.29, 1.82) is 0 Å². The zero-order chi connectivity index (χ0) is 17.4.